The molecule has 5 nitrogen and oxygen atoms in total. The highest BCUT2D eigenvalue weighted by atomic mass is 16.6. The summed E-state index contributed by atoms with van der Waals surface area (Å²) < 4.78 is 4.89. The van der Waals surface area contributed by atoms with E-state index in [-0.39, 0.29) is 12.8 Å². The van der Waals surface area contributed by atoms with Gasteiger partial charge in [0.15, 0.2) is 6.10 Å². The van der Waals surface area contributed by atoms with Crippen LogP contribution >= 0.6 is 0 Å². The van der Waals surface area contributed by atoms with E-state index in [2.05, 4.69) is 0 Å². The predicted molar refractivity (Wildman–Crippen MR) is 50.3 cm³/mol. The summed E-state index contributed by atoms with van der Waals surface area (Å²) >= 11 is 0. The molecule has 0 aromatic heterocycles. The van der Waals surface area contributed by atoms with Gasteiger partial charge >= 0.3 is 5.97 Å². The van der Waals surface area contributed by atoms with Crippen molar-refractivity contribution >= 4 is 11.9 Å². The number of nitrogens with two attached hydrogens (primary N) is 1. The van der Waals surface area contributed by atoms with Crippen molar-refractivity contribution in [1.82, 2.24) is 0 Å². The number of primary amides is 1. The fourth-order valence-electron chi connectivity index (χ4n) is 0.767. The molecule has 0 bridgehead atoms. The molecular weight excluding hydrogens is 186 g/mol. The summed E-state index contributed by atoms with van der Waals surface area (Å²) in [5.41, 5.74) is 4.23. The van der Waals surface area contributed by atoms with Crippen LogP contribution in [-0.4, -0.2) is 28.7 Å². The number of amides is 1. The predicted octanol–water partition coefficient (Wildman–Crippen LogP) is -0.0455. The van der Waals surface area contributed by atoms with Gasteiger partial charge < -0.3 is 15.6 Å². The molecule has 0 fully saturated rings. The van der Waals surface area contributed by atoms with E-state index in [9.17, 15) is 14.7 Å². The molecule has 0 aromatic carbocycles. The van der Waals surface area contributed by atoms with E-state index < -0.39 is 23.6 Å². The smallest absolute Gasteiger partial charge is 0.335 e. The zero-order valence-electron chi connectivity index (χ0n) is 8.74. The van der Waals surface area contributed by atoms with Crippen LogP contribution in [0.15, 0.2) is 0 Å². The van der Waals surface area contributed by atoms with Crippen molar-refractivity contribution in [2.75, 3.05) is 0 Å². The third kappa shape index (κ3) is 6.42. The van der Waals surface area contributed by atoms with Crippen molar-refractivity contribution < 1.29 is 19.4 Å². The summed E-state index contributed by atoms with van der Waals surface area (Å²) in [5.74, 6) is -1.27. The first kappa shape index (κ1) is 12.9. The van der Waals surface area contributed by atoms with Crippen molar-refractivity contribution in [3.8, 4) is 0 Å². The third-order valence-electron chi connectivity index (χ3n) is 1.34. The molecule has 0 saturated heterocycles. The standard InChI is InChI=1S/C9H17NO4/c1-9(2,3)14-8(13)6(11)4-5-7(10)12/h6,11H,4-5H2,1-3H3,(H2,10,12)/t6-/m1/s1. The Morgan fingerprint density at radius 2 is 1.93 bits per heavy atom. The quantitative estimate of drug-likeness (QED) is 0.627. The van der Waals surface area contributed by atoms with Crippen molar-refractivity contribution in [2.45, 2.75) is 45.3 Å². The van der Waals surface area contributed by atoms with Crippen molar-refractivity contribution in [3.63, 3.8) is 0 Å². The Balaban J connectivity index is 3.94. The maximum absolute atomic E-state index is 11.1. The summed E-state index contributed by atoms with van der Waals surface area (Å²) in [4.78, 5) is 21.5. The second kappa shape index (κ2) is 4.95. The molecule has 3 N–H and O–H groups in total. The minimum atomic E-state index is -1.28. The van der Waals surface area contributed by atoms with E-state index in [1.165, 1.54) is 0 Å². The Hall–Kier alpha value is -1.10. The van der Waals surface area contributed by atoms with Crippen LogP contribution in [0.25, 0.3) is 0 Å². The number of carbonyl (C=O) groups excluding carboxylic acids is 2. The zero-order chi connectivity index (χ0) is 11.4. The summed E-state index contributed by atoms with van der Waals surface area (Å²) in [5, 5.41) is 9.25. The van der Waals surface area contributed by atoms with Gasteiger partial charge in [-0.05, 0) is 27.2 Å². The zero-order valence-corrected chi connectivity index (χ0v) is 8.74. The molecule has 0 spiro atoms. The first-order valence-corrected chi connectivity index (χ1v) is 4.41. The van der Waals surface area contributed by atoms with Gasteiger partial charge in [-0.1, -0.05) is 0 Å². The van der Waals surface area contributed by atoms with Gasteiger partial charge in [0.1, 0.15) is 5.60 Å². The number of aliphatic hydroxyl groups is 1. The highest BCUT2D eigenvalue weighted by Gasteiger charge is 2.23. The SMILES string of the molecule is CC(C)(C)OC(=O)[C@H](O)CCC(N)=O. The van der Waals surface area contributed by atoms with Gasteiger partial charge in [0.05, 0.1) is 0 Å². The Labute approximate surface area is 83.2 Å². The maximum atomic E-state index is 11.1. The lowest BCUT2D eigenvalue weighted by atomic mass is 10.1. The molecule has 0 aliphatic rings. The third-order valence-corrected chi connectivity index (χ3v) is 1.34. The van der Waals surface area contributed by atoms with Crippen LogP contribution in [-0.2, 0) is 14.3 Å². The number of hydrogen-bond donors (Lipinski definition) is 2. The largest absolute Gasteiger partial charge is 0.458 e. The lowest BCUT2D eigenvalue weighted by Gasteiger charge is -2.21. The number of esters is 1. The van der Waals surface area contributed by atoms with E-state index >= 15 is 0 Å². The molecule has 0 unspecified atom stereocenters. The topological polar surface area (TPSA) is 89.6 Å². The molecule has 1 amide bonds. The molecule has 0 aromatic rings. The van der Waals surface area contributed by atoms with Gasteiger partial charge in [0, 0.05) is 6.42 Å². The first-order valence-electron chi connectivity index (χ1n) is 4.41. The summed E-state index contributed by atoms with van der Waals surface area (Å²) in [7, 11) is 0. The Morgan fingerprint density at radius 3 is 2.29 bits per heavy atom. The van der Waals surface area contributed by atoms with Gasteiger partial charge in [-0.25, -0.2) is 4.79 Å². The van der Waals surface area contributed by atoms with Crippen molar-refractivity contribution in [3.05, 3.63) is 0 Å². The van der Waals surface area contributed by atoms with Crippen molar-refractivity contribution in [1.29, 1.82) is 0 Å². The molecule has 0 aliphatic heterocycles. The number of hydrogen-bond acceptors (Lipinski definition) is 4. The molecule has 5 heteroatoms. The van der Waals surface area contributed by atoms with Crippen LogP contribution in [0.5, 0.6) is 0 Å². The molecule has 0 heterocycles. The first-order chi connectivity index (χ1) is 6.22. The minimum absolute atomic E-state index is 0.00421. The number of ether oxygens (including phenoxy) is 1. The lowest BCUT2D eigenvalue weighted by molar-refractivity contribution is -0.165. The fraction of sp³-hybridized carbons (Fsp3) is 0.778. The average Bonchev–Trinajstić information content (AvgIpc) is 1.96. The highest BCUT2D eigenvalue weighted by molar-refractivity contribution is 5.77. The lowest BCUT2D eigenvalue weighted by Crippen LogP contribution is -2.32. The Morgan fingerprint density at radius 1 is 1.43 bits per heavy atom. The van der Waals surface area contributed by atoms with Gasteiger partial charge in [-0.15, -0.1) is 0 Å². The molecule has 82 valence electrons. The van der Waals surface area contributed by atoms with Gasteiger partial charge in [0.25, 0.3) is 0 Å². The fourth-order valence-corrected chi connectivity index (χ4v) is 0.767. The number of rotatable bonds is 4. The monoisotopic (exact) mass is 203 g/mol. The summed E-state index contributed by atoms with van der Waals surface area (Å²) in [6.07, 6.45) is -1.30. The highest BCUT2D eigenvalue weighted by Crippen LogP contribution is 2.10. The van der Waals surface area contributed by atoms with Gasteiger partial charge in [-0.2, -0.15) is 0 Å². The van der Waals surface area contributed by atoms with Crippen LogP contribution in [0.4, 0.5) is 0 Å². The molecule has 0 radical (unpaired) electrons. The van der Waals surface area contributed by atoms with Crippen LogP contribution in [0.3, 0.4) is 0 Å². The summed E-state index contributed by atoms with van der Waals surface area (Å²) in [6, 6.07) is 0. The second-order valence-electron chi connectivity index (χ2n) is 4.05. The van der Waals surface area contributed by atoms with E-state index in [0.29, 0.717) is 0 Å². The Bertz CT molecular complexity index is 219. The van der Waals surface area contributed by atoms with Crippen molar-refractivity contribution in [2.24, 2.45) is 5.73 Å². The average molecular weight is 203 g/mol. The minimum Gasteiger partial charge on any atom is -0.458 e. The molecule has 1 atom stereocenters. The molecule has 0 saturated carbocycles. The van der Waals surface area contributed by atoms with E-state index in [1.54, 1.807) is 20.8 Å². The maximum Gasteiger partial charge on any atom is 0.335 e. The van der Waals surface area contributed by atoms with E-state index in [0.717, 1.165) is 0 Å². The van der Waals surface area contributed by atoms with E-state index in [4.69, 9.17) is 10.5 Å². The molecule has 0 aliphatic carbocycles. The van der Waals surface area contributed by atoms with Crippen LogP contribution in [0.1, 0.15) is 33.6 Å². The Kier molecular flexibility index (Phi) is 4.56. The van der Waals surface area contributed by atoms with Crippen LogP contribution in [0.2, 0.25) is 0 Å². The summed E-state index contributed by atoms with van der Waals surface area (Å²) in [6.45, 7) is 5.10. The van der Waals surface area contributed by atoms with Gasteiger partial charge in [0.2, 0.25) is 5.91 Å². The molecular formula is C9H17NO4. The number of carbonyl (C=O) groups is 2. The van der Waals surface area contributed by atoms with Crippen LogP contribution in [0, 0.1) is 0 Å². The molecule has 14 heavy (non-hydrogen) atoms. The number of aliphatic hydroxyl groups excluding tert-OH is 1. The molecule has 0 rings (SSSR count). The van der Waals surface area contributed by atoms with Crippen LogP contribution < -0.4 is 5.73 Å². The normalized spacial score (nSPS) is 13.4. The second-order valence-corrected chi connectivity index (χ2v) is 4.05. The van der Waals surface area contributed by atoms with Gasteiger partial charge in [-0.3, -0.25) is 4.79 Å². The van der Waals surface area contributed by atoms with E-state index in [1.807, 2.05) is 0 Å².